The van der Waals surface area contributed by atoms with E-state index < -0.39 is 0 Å². The molecule has 116 valence electrons. The summed E-state index contributed by atoms with van der Waals surface area (Å²) in [4.78, 5) is 25.2. The quantitative estimate of drug-likeness (QED) is 0.734. The number of halogens is 1. The van der Waals surface area contributed by atoms with Gasteiger partial charge in [-0.2, -0.15) is 0 Å². The van der Waals surface area contributed by atoms with E-state index in [1.807, 2.05) is 6.07 Å². The van der Waals surface area contributed by atoms with Gasteiger partial charge < -0.3 is 5.73 Å². The number of hydrogen-bond donors (Lipinski definition) is 1. The molecule has 0 saturated carbocycles. The smallest absolute Gasteiger partial charge is 0.260 e. The van der Waals surface area contributed by atoms with E-state index in [0.717, 1.165) is 5.39 Å². The van der Waals surface area contributed by atoms with Gasteiger partial charge in [0.25, 0.3) is 5.56 Å². The van der Waals surface area contributed by atoms with Gasteiger partial charge in [0.2, 0.25) is 5.91 Å². The number of carbonyl (C=O) groups is 1. The van der Waals surface area contributed by atoms with E-state index in [0.29, 0.717) is 27.4 Å². The maximum Gasteiger partial charge on any atom is 0.260 e. The molecule has 0 aliphatic rings. The largest absolute Gasteiger partial charge is 0.399 e. The van der Waals surface area contributed by atoms with Crippen molar-refractivity contribution in [3.63, 3.8) is 0 Å². The number of carbonyl (C=O) groups excluding carboxylic acids is 1. The highest BCUT2D eigenvalue weighted by Crippen LogP contribution is 2.19. The fourth-order valence-corrected chi connectivity index (χ4v) is 2.79. The minimum absolute atomic E-state index is 0.0485. The molecule has 23 heavy (non-hydrogen) atoms. The van der Waals surface area contributed by atoms with Crippen molar-refractivity contribution < 1.29 is 4.79 Å². The molecule has 0 bridgehead atoms. The van der Waals surface area contributed by atoms with Gasteiger partial charge in [0.15, 0.2) is 0 Å². The van der Waals surface area contributed by atoms with Crippen LogP contribution < -0.4 is 11.3 Å². The summed E-state index contributed by atoms with van der Waals surface area (Å²) in [5, 5.41) is 1.30. The summed E-state index contributed by atoms with van der Waals surface area (Å²) in [5.41, 5.74) is 7.68. The van der Waals surface area contributed by atoms with E-state index in [2.05, 4.69) is 0 Å². The van der Waals surface area contributed by atoms with Gasteiger partial charge in [0.1, 0.15) is 0 Å². The summed E-state index contributed by atoms with van der Waals surface area (Å²) >= 11 is 6.11. The number of nitrogens with two attached hydrogens (primary N) is 1. The van der Waals surface area contributed by atoms with Crippen LogP contribution >= 0.6 is 11.6 Å². The highest BCUT2D eigenvalue weighted by Gasteiger charge is 2.15. The van der Waals surface area contributed by atoms with E-state index in [1.54, 1.807) is 49.4 Å². The van der Waals surface area contributed by atoms with Crippen molar-refractivity contribution in [2.24, 2.45) is 0 Å². The molecular formula is C18H15ClN2O2. The van der Waals surface area contributed by atoms with Crippen LogP contribution in [0.2, 0.25) is 5.02 Å². The number of nitrogens with zero attached hydrogens (tertiary/aromatic N) is 1. The second-order valence-corrected chi connectivity index (χ2v) is 5.86. The average molecular weight is 327 g/mol. The normalized spacial score (nSPS) is 10.9. The Morgan fingerprint density at radius 2 is 1.91 bits per heavy atom. The van der Waals surface area contributed by atoms with Crippen molar-refractivity contribution in [2.75, 3.05) is 5.73 Å². The molecule has 0 atom stereocenters. The summed E-state index contributed by atoms with van der Waals surface area (Å²) in [5.74, 6) is -0.331. The molecule has 0 fully saturated rings. The van der Waals surface area contributed by atoms with Crippen LogP contribution in [-0.4, -0.2) is 10.5 Å². The molecule has 3 rings (SSSR count). The van der Waals surface area contributed by atoms with Gasteiger partial charge in [-0.05, 0) is 42.1 Å². The Balaban J connectivity index is 2.17. The molecule has 2 N–H and O–H groups in total. The zero-order valence-electron chi connectivity index (χ0n) is 12.5. The molecular weight excluding hydrogens is 312 g/mol. The minimum Gasteiger partial charge on any atom is -0.399 e. The molecule has 2 aromatic carbocycles. The Morgan fingerprint density at radius 3 is 2.65 bits per heavy atom. The highest BCUT2D eigenvalue weighted by molar-refractivity contribution is 6.31. The lowest BCUT2D eigenvalue weighted by atomic mass is 10.1. The van der Waals surface area contributed by atoms with Crippen molar-refractivity contribution in [1.29, 1.82) is 0 Å². The Bertz CT molecular complexity index is 976. The van der Waals surface area contributed by atoms with E-state index in [9.17, 15) is 9.59 Å². The predicted molar refractivity (Wildman–Crippen MR) is 93.1 cm³/mol. The fourth-order valence-electron chi connectivity index (χ4n) is 2.59. The Morgan fingerprint density at radius 1 is 1.17 bits per heavy atom. The maximum absolute atomic E-state index is 12.7. The SMILES string of the molecule is Cc1cc2ccc(N)cc2n(C(=O)Cc2ccccc2Cl)c1=O. The second kappa shape index (κ2) is 5.89. The lowest BCUT2D eigenvalue weighted by molar-refractivity contribution is 0.0915. The molecule has 0 saturated heterocycles. The standard InChI is InChI=1S/C18H15ClN2O2/c1-11-8-13-6-7-14(20)10-16(13)21(18(11)23)17(22)9-12-4-2-3-5-15(12)19/h2-8,10H,9,20H2,1H3. The van der Waals surface area contributed by atoms with Crippen LogP contribution in [0.3, 0.4) is 0 Å². The second-order valence-electron chi connectivity index (χ2n) is 5.45. The lowest BCUT2D eigenvalue weighted by Gasteiger charge is -2.11. The molecule has 4 nitrogen and oxygen atoms in total. The van der Waals surface area contributed by atoms with Gasteiger partial charge in [-0.3, -0.25) is 9.59 Å². The summed E-state index contributed by atoms with van der Waals surface area (Å²) in [6.45, 7) is 1.69. The third-order valence-electron chi connectivity index (χ3n) is 3.76. The van der Waals surface area contributed by atoms with Crippen molar-refractivity contribution in [3.05, 3.63) is 75.0 Å². The molecule has 0 radical (unpaired) electrons. The molecule has 3 aromatic rings. The number of nitrogen functional groups attached to an aromatic ring is 1. The monoisotopic (exact) mass is 326 g/mol. The van der Waals surface area contributed by atoms with Crippen LogP contribution in [0.1, 0.15) is 15.9 Å². The van der Waals surface area contributed by atoms with Gasteiger partial charge in [0.05, 0.1) is 11.9 Å². The van der Waals surface area contributed by atoms with E-state index in [1.165, 1.54) is 4.57 Å². The lowest BCUT2D eigenvalue weighted by Crippen LogP contribution is -2.29. The number of pyridine rings is 1. The summed E-state index contributed by atoms with van der Waals surface area (Å²) in [6, 6.07) is 14.0. The highest BCUT2D eigenvalue weighted by atomic mass is 35.5. The van der Waals surface area contributed by atoms with Gasteiger partial charge in [-0.1, -0.05) is 35.9 Å². The van der Waals surface area contributed by atoms with E-state index >= 15 is 0 Å². The number of aromatic nitrogens is 1. The minimum atomic E-state index is -0.333. The van der Waals surface area contributed by atoms with Crippen LogP contribution in [0.5, 0.6) is 0 Å². The van der Waals surface area contributed by atoms with Gasteiger partial charge in [0, 0.05) is 16.3 Å². The molecule has 0 aliphatic heterocycles. The molecule has 1 aromatic heterocycles. The number of benzene rings is 2. The zero-order valence-corrected chi connectivity index (χ0v) is 13.3. The zero-order chi connectivity index (χ0) is 16.6. The van der Waals surface area contributed by atoms with E-state index in [-0.39, 0.29) is 17.9 Å². The van der Waals surface area contributed by atoms with Crippen LogP contribution in [0.15, 0.2) is 53.3 Å². The van der Waals surface area contributed by atoms with Gasteiger partial charge in [-0.25, -0.2) is 4.57 Å². The first kappa shape index (κ1) is 15.3. The first-order valence-electron chi connectivity index (χ1n) is 7.16. The number of hydrogen-bond acceptors (Lipinski definition) is 3. The molecule has 0 spiro atoms. The number of anilines is 1. The summed E-state index contributed by atoms with van der Waals surface area (Å²) in [7, 11) is 0. The van der Waals surface area contributed by atoms with Crippen molar-refractivity contribution in [3.8, 4) is 0 Å². The Hall–Kier alpha value is -2.59. The van der Waals surface area contributed by atoms with Crippen LogP contribution in [0.4, 0.5) is 5.69 Å². The van der Waals surface area contributed by atoms with Crippen LogP contribution in [0.25, 0.3) is 10.9 Å². The summed E-state index contributed by atoms with van der Waals surface area (Å²) in [6.07, 6.45) is 0.0485. The Labute approximate surface area is 138 Å². The third-order valence-corrected chi connectivity index (χ3v) is 4.13. The fraction of sp³-hybridized carbons (Fsp3) is 0.111. The summed E-state index contributed by atoms with van der Waals surface area (Å²) < 4.78 is 1.18. The number of rotatable bonds is 2. The maximum atomic E-state index is 12.7. The molecule has 5 heteroatoms. The topological polar surface area (TPSA) is 65.1 Å². The number of fused-ring (bicyclic) bond motifs is 1. The first-order valence-corrected chi connectivity index (χ1v) is 7.53. The third kappa shape index (κ3) is 2.85. The van der Waals surface area contributed by atoms with Gasteiger partial charge in [-0.15, -0.1) is 0 Å². The van der Waals surface area contributed by atoms with E-state index in [4.69, 9.17) is 17.3 Å². The van der Waals surface area contributed by atoms with Crippen LogP contribution in [0, 0.1) is 6.92 Å². The van der Waals surface area contributed by atoms with Crippen molar-refractivity contribution in [2.45, 2.75) is 13.3 Å². The van der Waals surface area contributed by atoms with Gasteiger partial charge >= 0.3 is 0 Å². The Kier molecular flexibility index (Phi) is 3.92. The molecule has 0 aliphatic carbocycles. The first-order chi connectivity index (χ1) is 11.0. The average Bonchev–Trinajstić information content (AvgIpc) is 2.51. The molecule has 1 heterocycles. The molecule has 0 amide bonds. The van der Waals surface area contributed by atoms with Crippen LogP contribution in [-0.2, 0) is 6.42 Å². The van der Waals surface area contributed by atoms with Crippen molar-refractivity contribution >= 4 is 34.1 Å². The predicted octanol–water partition coefficient (Wildman–Crippen LogP) is 3.43. The number of aryl methyl sites for hydroxylation is 1. The molecule has 0 unspecified atom stereocenters. The van der Waals surface area contributed by atoms with Crippen molar-refractivity contribution in [1.82, 2.24) is 4.57 Å².